The van der Waals surface area contributed by atoms with E-state index >= 15 is 0 Å². The maximum absolute atomic E-state index is 11.7. The van der Waals surface area contributed by atoms with Crippen LogP contribution in [0.2, 0.25) is 0 Å². The summed E-state index contributed by atoms with van der Waals surface area (Å²) in [4.78, 5) is 24.7. The fourth-order valence-electron chi connectivity index (χ4n) is 2.08. The average Bonchev–Trinajstić information content (AvgIpc) is 2.64. The SMILES string of the molecule is C#CC1(N)[C@@H](O)[C@@H]([C@@H](C)O)O[C@H]1n1ncc(=O)[nH]c1=O. The first-order valence-corrected chi connectivity index (χ1v) is 5.77. The van der Waals surface area contributed by atoms with Gasteiger partial charge in [0.1, 0.15) is 18.4 Å². The molecule has 2 rings (SSSR count). The number of ether oxygens (including phenoxy) is 1. The number of H-pyrrole nitrogens is 1. The van der Waals surface area contributed by atoms with Crippen LogP contribution in [-0.4, -0.2) is 48.8 Å². The van der Waals surface area contributed by atoms with Crippen LogP contribution in [0.25, 0.3) is 0 Å². The largest absolute Gasteiger partial charge is 0.391 e. The first-order chi connectivity index (χ1) is 9.31. The Morgan fingerprint density at radius 3 is 2.85 bits per heavy atom. The number of rotatable bonds is 2. The number of hydrogen-bond acceptors (Lipinski definition) is 7. The molecule has 9 nitrogen and oxygen atoms in total. The Morgan fingerprint density at radius 1 is 1.70 bits per heavy atom. The first kappa shape index (κ1) is 14.4. The summed E-state index contributed by atoms with van der Waals surface area (Å²) in [7, 11) is 0. The van der Waals surface area contributed by atoms with Crippen LogP contribution in [0.15, 0.2) is 15.8 Å². The molecule has 9 heteroatoms. The molecule has 20 heavy (non-hydrogen) atoms. The molecular weight excluding hydrogens is 268 g/mol. The molecule has 2 heterocycles. The van der Waals surface area contributed by atoms with Gasteiger partial charge in [0.25, 0.3) is 5.56 Å². The van der Waals surface area contributed by atoms with Crippen molar-refractivity contribution in [3.8, 4) is 12.3 Å². The third-order valence-corrected chi connectivity index (χ3v) is 3.18. The molecule has 0 spiro atoms. The number of hydrogen-bond donors (Lipinski definition) is 4. The van der Waals surface area contributed by atoms with Gasteiger partial charge < -0.3 is 20.7 Å². The van der Waals surface area contributed by atoms with Crippen molar-refractivity contribution in [2.45, 2.75) is 37.0 Å². The Morgan fingerprint density at radius 2 is 2.35 bits per heavy atom. The second-order valence-corrected chi connectivity index (χ2v) is 4.60. The highest BCUT2D eigenvalue weighted by Gasteiger charge is 2.56. The molecular formula is C11H14N4O5. The van der Waals surface area contributed by atoms with Crippen molar-refractivity contribution >= 4 is 0 Å². The van der Waals surface area contributed by atoms with Crippen molar-refractivity contribution in [1.82, 2.24) is 14.8 Å². The summed E-state index contributed by atoms with van der Waals surface area (Å²) >= 11 is 0. The topological polar surface area (TPSA) is 143 Å². The summed E-state index contributed by atoms with van der Waals surface area (Å²) in [6.07, 6.45) is 1.30. The van der Waals surface area contributed by atoms with Crippen molar-refractivity contribution in [2.75, 3.05) is 0 Å². The summed E-state index contributed by atoms with van der Waals surface area (Å²) in [6.45, 7) is 1.39. The monoisotopic (exact) mass is 282 g/mol. The molecule has 1 saturated heterocycles. The smallest absolute Gasteiger partial charge is 0.347 e. The number of nitrogens with two attached hydrogens (primary N) is 1. The molecule has 1 aliphatic heterocycles. The molecule has 1 aliphatic rings. The fraction of sp³-hybridized carbons (Fsp3) is 0.545. The van der Waals surface area contributed by atoms with Crippen LogP contribution in [0.5, 0.6) is 0 Å². The summed E-state index contributed by atoms with van der Waals surface area (Å²) in [5.74, 6) is 2.17. The van der Waals surface area contributed by atoms with E-state index in [2.05, 4.69) is 11.0 Å². The Bertz CT molecular complexity index is 660. The van der Waals surface area contributed by atoms with Crippen molar-refractivity contribution in [1.29, 1.82) is 0 Å². The van der Waals surface area contributed by atoms with Gasteiger partial charge in [0.2, 0.25) is 0 Å². The average molecular weight is 282 g/mol. The minimum absolute atomic E-state index is 0.694. The third kappa shape index (κ3) is 2.04. The summed E-state index contributed by atoms with van der Waals surface area (Å²) in [5.41, 5.74) is 2.55. The number of terminal acetylenes is 1. The van der Waals surface area contributed by atoms with Crippen LogP contribution >= 0.6 is 0 Å². The lowest BCUT2D eigenvalue weighted by molar-refractivity contribution is -0.0817. The molecule has 0 saturated carbocycles. The van der Waals surface area contributed by atoms with Gasteiger partial charge in [0, 0.05) is 0 Å². The summed E-state index contributed by atoms with van der Waals surface area (Å²) in [6, 6.07) is 0. The molecule has 0 aromatic carbocycles. The van der Waals surface area contributed by atoms with E-state index in [4.69, 9.17) is 16.9 Å². The number of nitrogens with one attached hydrogen (secondary N) is 1. The van der Waals surface area contributed by atoms with Crippen molar-refractivity contribution < 1.29 is 14.9 Å². The van der Waals surface area contributed by atoms with E-state index in [0.29, 0.717) is 0 Å². The molecule has 1 unspecified atom stereocenters. The van der Waals surface area contributed by atoms with E-state index in [1.54, 1.807) is 0 Å². The van der Waals surface area contributed by atoms with Crippen molar-refractivity contribution in [3.63, 3.8) is 0 Å². The predicted molar refractivity (Wildman–Crippen MR) is 66.5 cm³/mol. The van der Waals surface area contributed by atoms with Gasteiger partial charge in [-0.25, -0.2) is 4.79 Å². The minimum Gasteiger partial charge on any atom is -0.391 e. The molecule has 0 amide bonds. The number of aromatic nitrogens is 3. The Labute approximate surface area is 113 Å². The van der Waals surface area contributed by atoms with Gasteiger partial charge in [0.15, 0.2) is 11.8 Å². The zero-order valence-corrected chi connectivity index (χ0v) is 10.6. The van der Waals surface area contributed by atoms with Gasteiger partial charge in [-0.15, -0.1) is 6.42 Å². The van der Waals surface area contributed by atoms with Crippen LogP contribution in [0.3, 0.4) is 0 Å². The highest BCUT2D eigenvalue weighted by molar-refractivity contribution is 5.22. The lowest BCUT2D eigenvalue weighted by Gasteiger charge is -2.26. The molecule has 0 aliphatic carbocycles. The highest BCUT2D eigenvalue weighted by atomic mass is 16.6. The van der Waals surface area contributed by atoms with Gasteiger partial charge in [-0.1, -0.05) is 5.92 Å². The van der Waals surface area contributed by atoms with E-state index in [9.17, 15) is 19.8 Å². The van der Waals surface area contributed by atoms with Gasteiger partial charge in [-0.3, -0.25) is 9.78 Å². The summed E-state index contributed by atoms with van der Waals surface area (Å²) in [5, 5.41) is 23.2. The quantitative estimate of drug-likeness (QED) is 0.421. The van der Waals surface area contributed by atoms with Gasteiger partial charge in [-0.2, -0.15) is 9.78 Å². The van der Waals surface area contributed by atoms with E-state index in [-0.39, 0.29) is 0 Å². The van der Waals surface area contributed by atoms with E-state index in [1.807, 2.05) is 4.98 Å². The van der Waals surface area contributed by atoms with Crippen LogP contribution in [0, 0.1) is 12.3 Å². The van der Waals surface area contributed by atoms with Gasteiger partial charge in [-0.05, 0) is 6.92 Å². The zero-order chi connectivity index (χ0) is 15.1. The molecule has 0 bridgehead atoms. The lowest BCUT2D eigenvalue weighted by atomic mass is 9.90. The van der Waals surface area contributed by atoms with Crippen molar-refractivity contribution in [2.24, 2.45) is 5.73 Å². The molecule has 1 fully saturated rings. The van der Waals surface area contributed by atoms with Crippen LogP contribution in [-0.2, 0) is 4.74 Å². The lowest BCUT2D eigenvalue weighted by Crippen LogP contribution is -2.56. The Balaban J connectivity index is 2.53. The minimum atomic E-state index is -1.77. The van der Waals surface area contributed by atoms with Crippen molar-refractivity contribution in [3.05, 3.63) is 27.0 Å². The molecule has 5 N–H and O–H groups in total. The number of nitrogens with zero attached hydrogens (tertiary/aromatic N) is 2. The predicted octanol–water partition coefficient (Wildman–Crippen LogP) is -3.10. The van der Waals surface area contributed by atoms with E-state index in [1.165, 1.54) is 6.92 Å². The molecule has 108 valence electrons. The Hall–Kier alpha value is -1.99. The Kier molecular flexibility index (Phi) is 3.49. The maximum atomic E-state index is 11.7. The standard InChI is InChI=1S/C11H14N4O5/c1-3-11(12)8(18)7(5(2)16)20-9(11)15-10(19)14-6(17)4-13-15/h1,4-5,7-9,16,18H,12H2,2H3,(H,14,17,19)/t5-,7-,8+,9-,11?/m1/s1. The molecule has 1 aromatic rings. The molecule has 0 radical (unpaired) electrons. The van der Waals surface area contributed by atoms with Gasteiger partial charge in [0.05, 0.1) is 6.10 Å². The number of aliphatic hydroxyl groups excluding tert-OH is 2. The van der Waals surface area contributed by atoms with Gasteiger partial charge >= 0.3 is 5.69 Å². The second kappa shape index (κ2) is 4.84. The number of aliphatic hydroxyl groups is 2. The number of aromatic amines is 1. The molecule has 1 aromatic heterocycles. The summed E-state index contributed by atoms with van der Waals surface area (Å²) < 4.78 is 6.09. The first-order valence-electron chi connectivity index (χ1n) is 5.77. The normalized spacial score (nSPS) is 34.6. The van der Waals surface area contributed by atoms with Crippen LogP contribution in [0.4, 0.5) is 0 Å². The second-order valence-electron chi connectivity index (χ2n) is 4.60. The van der Waals surface area contributed by atoms with E-state index in [0.717, 1.165) is 10.9 Å². The fourth-order valence-corrected chi connectivity index (χ4v) is 2.08. The van der Waals surface area contributed by atoms with Crippen LogP contribution < -0.4 is 17.0 Å². The third-order valence-electron chi connectivity index (χ3n) is 3.18. The van der Waals surface area contributed by atoms with Crippen LogP contribution in [0.1, 0.15) is 13.2 Å². The maximum Gasteiger partial charge on any atom is 0.347 e. The van der Waals surface area contributed by atoms with E-state index < -0.39 is 41.3 Å². The zero-order valence-electron chi connectivity index (χ0n) is 10.6. The highest BCUT2D eigenvalue weighted by Crippen LogP contribution is 2.36. The molecule has 5 atom stereocenters.